The van der Waals surface area contributed by atoms with Gasteiger partial charge in [0.25, 0.3) is 11.7 Å². The number of fused-ring (bicyclic) bond motifs is 1. The minimum atomic E-state index is -0.787. The van der Waals surface area contributed by atoms with Crippen molar-refractivity contribution in [1.29, 1.82) is 0 Å². The lowest BCUT2D eigenvalue weighted by molar-refractivity contribution is -0.140. The summed E-state index contributed by atoms with van der Waals surface area (Å²) in [5, 5.41) is 11.2. The number of likely N-dealkylation sites (tertiary alicyclic amines) is 1. The largest absolute Gasteiger partial charge is 0.507 e. The lowest BCUT2D eigenvalue weighted by Crippen LogP contribution is -2.38. The maximum atomic E-state index is 13.6. The Morgan fingerprint density at radius 2 is 1.85 bits per heavy atom. The molecule has 0 aliphatic carbocycles. The molecule has 1 fully saturated rings. The lowest BCUT2D eigenvalue weighted by atomic mass is 9.94. The van der Waals surface area contributed by atoms with E-state index < -0.39 is 23.5 Å². The van der Waals surface area contributed by atoms with E-state index in [-0.39, 0.29) is 17.4 Å². The zero-order valence-corrected chi connectivity index (χ0v) is 19.2. The number of rotatable bonds is 7. The number of benzene rings is 2. The maximum Gasteiger partial charge on any atom is 0.295 e. The Morgan fingerprint density at radius 1 is 1.15 bits per heavy atom. The van der Waals surface area contributed by atoms with E-state index in [0.717, 1.165) is 24.4 Å². The smallest absolute Gasteiger partial charge is 0.295 e. The zero-order chi connectivity index (χ0) is 23.7. The van der Waals surface area contributed by atoms with Crippen molar-refractivity contribution in [3.8, 4) is 5.75 Å². The van der Waals surface area contributed by atoms with Gasteiger partial charge in [0.2, 0.25) is 0 Å². The van der Waals surface area contributed by atoms with Crippen LogP contribution in [0.15, 0.2) is 48.0 Å². The third-order valence-electron chi connectivity index (χ3n) is 6.45. The number of Topliss-reactive ketones (excluding diaryl/α,β-unsaturated/α-hetero) is 1. The number of aliphatic hydroxyl groups excluding tert-OH is 1. The van der Waals surface area contributed by atoms with Crippen molar-refractivity contribution in [2.24, 2.45) is 0 Å². The summed E-state index contributed by atoms with van der Waals surface area (Å²) in [6.07, 6.45) is 0.748. The molecule has 1 saturated heterocycles. The summed E-state index contributed by atoms with van der Waals surface area (Å²) in [6.45, 7) is 8.58. The van der Waals surface area contributed by atoms with Crippen LogP contribution in [0.2, 0.25) is 0 Å². The van der Waals surface area contributed by atoms with Crippen molar-refractivity contribution >= 4 is 17.4 Å². The maximum absolute atomic E-state index is 13.6. The molecule has 2 aliphatic rings. The lowest BCUT2D eigenvalue weighted by Gasteiger charge is -2.28. The van der Waals surface area contributed by atoms with Crippen LogP contribution in [0.1, 0.15) is 43.5 Å². The Labute approximate surface area is 193 Å². The van der Waals surface area contributed by atoms with Gasteiger partial charge in [-0.3, -0.25) is 9.59 Å². The number of halogens is 1. The molecule has 0 saturated carbocycles. The van der Waals surface area contributed by atoms with Crippen molar-refractivity contribution in [3.63, 3.8) is 0 Å². The average Bonchev–Trinajstić information content (AvgIpc) is 3.30. The van der Waals surface area contributed by atoms with Crippen molar-refractivity contribution in [2.45, 2.75) is 39.3 Å². The zero-order valence-electron chi connectivity index (χ0n) is 19.2. The molecular formula is C26H29FN2O4. The first-order chi connectivity index (χ1) is 15.8. The highest BCUT2D eigenvalue weighted by Gasteiger charge is 2.46. The van der Waals surface area contributed by atoms with Gasteiger partial charge in [0.05, 0.1) is 11.6 Å². The minimum Gasteiger partial charge on any atom is -0.507 e. The predicted molar refractivity (Wildman–Crippen MR) is 123 cm³/mol. The van der Waals surface area contributed by atoms with Gasteiger partial charge in [0, 0.05) is 25.1 Å². The number of carbonyl (C=O) groups is 2. The van der Waals surface area contributed by atoms with Gasteiger partial charge < -0.3 is 19.6 Å². The number of carbonyl (C=O) groups excluding carboxylic acids is 2. The fourth-order valence-electron chi connectivity index (χ4n) is 4.62. The van der Waals surface area contributed by atoms with Gasteiger partial charge in [-0.25, -0.2) is 4.39 Å². The van der Waals surface area contributed by atoms with Gasteiger partial charge in [-0.05, 0) is 61.5 Å². The molecule has 2 heterocycles. The Balaban J connectivity index is 1.77. The quantitative estimate of drug-likeness (QED) is 0.392. The molecule has 2 aliphatic heterocycles. The predicted octanol–water partition coefficient (Wildman–Crippen LogP) is 3.91. The molecule has 2 aromatic rings. The van der Waals surface area contributed by atoms with E-state index >= 15 is 0 Å². The third-order valence-corrected chi connectivity index (χ3v) is 6.45. The van der Waals surface area contributed by atoms with Gasteiger partial charge in [-0.1, -0.05) is 26.0 Å². The Kier molecular flexibility index (Phi) is 6.51. The minimum absolute atomic E-state index is 0.0260. The third kappa shape index (κ3) is 4.37. The molecule has 2 unspecified atom stereocenters. The monoisotopic (exact) mass is 452 g/mol. The number of ether oxygens (including phenoxy) is 1. The molecule has 4 rings (SSSR count). The molecule has 6 nitrogen and oxygen atoms in total. The highest BCUT2D eigenvalue weighted by atomic mass is 19.1. The summed E-state index contributed by atoms with van der Waals surface area (Å²) < 4.78 is 19.4. The summed E-state index contributed by atoms with van der Waals surface area (Å²) in [7, 11) is 0. The van der Waals surface area contributed by atoms with Gasteiger partial charge >= 0.3 is 0 Å². The fourth-order valence-corrected chi connectivity index (χ4v) is 4.62. The summed E-state index contributed by atoms with van der Waals surface area (Å²) in [6, 6.07) is 10.2. The number of ketones is 1. The van der Waals surface area contributed by atoms with Gasteiger partial charge in [-0.2, -0.15) is 0 Å². The van der Waals surface area contributed by atoms with Crippen molar-refractivity contribution in [3.05, 3.63) is 70.5 Å². The van der Waals surface area contributed by atoms with Crippen molar-refractivity contribution < 1.29 is 23.8 Å². The molecule has 7 heteroatoms. The second-order valence-electron chi connectivity index (χ2n) is 8.53. The van der Waals surface area contributed by atoms with Crippen LogP contribution in [-0.2, 0) is 16.0 Å². The van der Waals surface area contributed by atoms with E-state index in [4.69, 9.17) is 4.74 Å². The van der Waals surface area contributed by atoms with Crippen molar-refractivity contribution in [2.75, 3.05) is 26.2 Å². The van der Waals surface area contributed by atoms with Gasteiger partial charge in [-0.15, -0.1) is 0 Å². The SMILES string of the molecule is CCN(CC)CCN1C(=O)C(=O)/C(=C(\O)c2ccc3c(c2)CC(C)O3)C1c1ccc(F)cc1. The van der Waals surface area contributed by atoms with E-state index in [2.05, 4.69) is 4.90 Å². The summed E-state index contributed by atoms with van der Waals surface area (Å²) in [4.78, 5) is 29.8. The van der Waals surface area contributed by atoms with E-state index in [0.29, 0.717) is 30.6 Å². The Bertz CT molecular complexity index is 1090. The van der Waals surface area contributed by atoms with Crippen LogP contribution < -0.4 is 4.74 Å². The molecule has 2 atom stereocenters. The molecule has 1 amide bonds. The second-order valence-corrected chi connectivity index (χ2v) is 8.53. The summed E-state index contributed by atoms with van der Waals surface area (Å²) >= 11 is 0. The number of aliphatic hydroxyl groups is 1. The van der Waals surface area contributed by atoms with E-state index in [1.54, 1.807) is 30.3 Å². The molecule has 33 heavy (non-hydrogen) atoms. The highest BCUT2D eigenvalue weighted by Crippen LogP contribution is 2.40. The normalized spacial score (nSPS) is 21.5. The number of hydrogen-bond donors (Lipinski definition) is 1. The molecule has 2 aromatic carbocycles. The number of amides is 1. The fraction of sp³-hybridized carbons (Fsp3) is 0.385. The molecule has 1 N–H and O–H groups in total. The molecular weight excluding hydrogens is 423 g/mol. The highest BCUT2D eigenvalue weighted by molar-refractivity contribution is 6.46. The van der Waals surface area contributed by atoms with Gasteiger partial charge in [0.15, 0.2) is 0 Å². The molecule has 0 bridgehead atoms. The van der Waals surface area contributed by atoms with Crippen LogP contribution >= 0.6 is 0 Å². The first-order valence-electron chi connectivity index (χ1n) is 11.4. The molecule has 174 valence electrons. The molecule has 0 spiro atoms. The van der Waals surface area contributed by atoms with Crippen LogP contribution in [0.4, 0.5) is 4.39 Å². The van der Waals surface area contributed by atoms with E-state index in [9.17, 15) is 19.1 Å². The second kappa shape index (κ2) is 9.35. The average molecular weight is 453 g/mol. The topological polar surface area (TPSA) is 70.1 Å². The number of hydrogen-bond acceptors (Lipinski definition) is 5. The van der Waals surface area contributed by atoms with Crippen LogP contribution in [0.25, 0.3) is 5.76 Å². The van der Waals surface area contributed by atoms with E-state index in [1.165, 1.54) is 17.0 Å². The Hall–Kier alpha value is -3.19. The summed E-state index contributed by atoms with van der Waals surface area (Å²) in [5.41, 5.74) is 2.01. The van der Waals surface area contributed by atoms with Crippen LogP contribution in [0.5, 0.6) is 5.75 Å². The van der Waals surface area contributed by atoms with Gasteiger partial charge in [0.1, 0.15) is 23.4 Å². The number of likely N-dealkylation sites (N-methyl/N-ethyl adjacent to an activating group) is 1. The van der Waals surface area contributed by atoms with E-state index in [1.807, 2.05) is 20.8 Å². The first-order valence-corrected chi connectivity index (χ1v) is 11.4. The first kappa shape index (κ1) is 23.0. The number of nitrogens with zero attached hydrogens (tertiary/aromatic N) is 2. The van der Waals surface area contributed by atoms with Crippen molar-refractivity contribution in [1.82, 2.24) is 9.80 Å². The molecule has 0 radical (unpaired) electrons. The Morgan fingerprint density at radius 3 is 2.52 bits per heavy atom. The standard InChI is InChI=1S/C26H29FN2O4/c1-4-28(5-2)12-13-29-23(17-6-9-20(27)10-7-17)22(25(31)26(29)32)24(30)18-8-11-21-19(15-18)14-16(3)33-21/h6-11,15-16,23,30H,4-5,12-14H2,1-3H3/b24-22-. The van der Waals surface area contributed by atoms with Crippen LogP contribution in [-0.4, -0.2) is 58.9 Å². The van der Waals surface area contributed by atoms with Crippen LogP contribution in [0.3, 0.4) is 0 Å². The summed E-state index contributed by atoms with van der Waals surface area (Å²) in [5.74, 6) is -1.27. The molecule has 0 aromatic heterocycles. The van der Waals surface area contributed by atoms with Crippen LogP contribution in [0, 0.1) is 5.82 Å².